The van der Waals surface area contributed by atoms with E-state index in [9.17, 15) is 28.8 Å². The van der Waals surface area contributed by atoms with Gasteiger partial charge in [0.05, 0.1) is 0 Å². The van der Waals surface area contributed by atoms with E-state index in [0.29, 0.717) is 70.2 Å². The highest BCUT2D eigenvalue weighted by molar-refractivity contribution is 5.80. The maximum atomic E-state index is 12.1. The van der Waals surface area contributed by atoms with Crippen LogP contribution in [0.5, 0.6) is 0 Å². The molecule has 6 heteroatoms. The smallest absolute Gasteiger partial charge is 0.133 e. The van der Waals surface area contributed by atoms with Gasteiger partial charge in [0.2, 0.25) is 0 Å². The van der Waals surface area contributed by atoms with Gasteiger partial charge in [0.1, 0.15) is 34.7 Å². The predicted molar refractivity (Wildman–Crippen MR) is 654 cm³/mol. The molecule has 0 heterocycles. The quantitative estimate of drug-likeness (QED) is 0.0562. The van der Waals surface area contributed by atoms with Gasteiger partial charge in [-0.05, 0) is 110 Å². The molecule has 0 aliphatic carbocycles. The van der Waals surface area contributed by atoms with Crippen molar-refractivity contribution in [1.82, 2.24) is 0 Å². The first kappa shape index (κ1) is 148. The van der Waals surface area contributed by atoms with Gasteiger partial charge in [0.25, 0.3) is 0 Å². The minimum Gasteiger partial charge on any atom is -0.300 e. The molecule has 0 aromatic rings. The summed E-state index contributed by atoms with van der Waals surface area (Å²) in [6.07, 6.45) is 137. The molecule has 0 bridgehead atoms. The number of ketones is 6. The van der Waals surface area contributed by atoms with Gasteiger partial charge in [0.15, 0.2) is 0 Å². The molecule has 0 N–H and O–H groups in total. The molecule has 0 amide bonds. The normalized spacial score (nSPS) is 13.1. The summed E-state index contributed by atoms with van der Waals surface area (Å²) >= 11 is 0. The van der Waals surface area contributed by atoms with Gasteiger partial charge in [0, 0.05) is 77.0 Å². The average Bonchev–Trinajstić information content (AvgIpc) is 0.919. The molecule has 0 saturated heterocycles. The number of hydrogen-bond donors (Lipinski definition) is 0. The molecule has 0 aromatic carbocycles. The third-order valence-corrected chi connectivity index (χ3v) is 33.1. The van der Waals surface area contributed by atoms with Crippen molar-refractivity contribution in [3.63, 3.8) is 0 Å². The summed E-state index contributed by atoms with van der Waals surface area (Å²) in [6, 6.07) is 0. The van der Waals surface area contributed by atoms with Crippen molar-refractivity contribution in [1.29, 1.82) is 0 Å². The van der Waals surface area contributed by atoms with Gasteiger partial charge in [-0.15, -0.1) is 0 Å². The number of rotatable bonds is 119. The fourth-order valence-electron chi connectivity index (χ4n) is 24.2. The van der Waals surface area contributed by atoms with Crippen LogP contribution in [0.3, 0.4) is 0 Å². The highest BCUT2D eigenvalue weighted by Crippen LogP contribution is 2.39. The second-order valence-corrected chi connectivity index (χ2v) is 51.5. The highest BCUT2D eigenvalue weighted by atomic mass is 16.1. The van der Waals surface area contributed by atoms with Crippen LogP contribution >= 0.6 is 0 Å². The Morgan fingerprint density at radius 1 is 0.110 bits per heavy atom. The topological polar surface area (TPSA) is 102 Å². The van der Waals surface area contributed by atoms with Crippen LogP contribution in [-0.4, -0.2) is 34.7 Å². The second kappa shape index (κ2) is 119. The number of unbranched alkanes of at least 4 members (excludes halogenated alkanes) is 68. The lowest BCUT2D eigenvalue weighted by atomic mass is 9.78. The van der Waals surface area contributed by atoms with E-state index in [2.05, 4.69) is 125 Å². The largest absolute Gasteiger partial charge is 0.300 e. The summed E-state index contributed by atoms with van der Waals surface area (Å²) in [5.74, 6) is 11.5. The van der Waals surface area contributed by atoms with Crippen LogP contribution in [0.25, 0.3) is 0 Å². The number of carbonyl (C=O) groups excluding carboxylic acids is 6. The lowest BCUT2D eigenvalue weighted by Gasteiger charge is -2.28. The van der Waals surface area contributed by atoms with Crippen molar-refractivity contribution >= 4 is 34.7 Å². The minimum absolute atomic E-state index is 0.470. The molecule has 0 aliphatic heterocycles. The van der Waals surface area contributed by atoms with Gasteiger partial charge in [-0.2, -0.15) is 0 Å². The number of carbonyl (C=O) groups is 6. The van der Waals surface area contributed by atoms with Crippen LogP contribution in [0, 0.1) is 71.0 Å². The zero-order valence-electron chi connectivity index (χ0n) is 104. The van der Waals surface area contributed by atoms with Crippen molar-refractivity contribution in [3.05, 3.63) is 0 Å². The zero-order chi connectivity index (χ0) is 108. The monoisotopic (exact) mass is 2050 g/mol. The third-order valence-electron chi connectivity index (χ3n) is 33.1. The summed E-state index contributed by atoms with van der Waals surface area (Å²) in [4.78, 5) is 72.2. The van der Waals surface area contributed by atoms with E-state index in [4.69, 9.17) is 0 Å². The molecule has 0 fully saturated rings. The van der Waals surface area contributed by atoms with Crippen molar-refractivity contribution in [2.45, 2.75) is 792 Å². The van der Waals surface area contributed by atoms with E-state index in [1.54, 1.807) is 0 Å². The first-order valence-corrected chi connectivity index (χ1v) is 68.0. The fraction of sp³-hybridized carbons (Fsp3) is 0.957. The molecule has 146 heavy (non-hydrogen) atoms. The molecule has 6 nitrogen and oxygen atoms in total. The minimum atomic E-state index is 0.470. The summed E-state index contributed by atoms with van der Waals surface area (Å²) in [5.41, 5.74) is 0. The lowest BCUT2D eigenvalue weighted by Crippen LogP contribution is -2.16. The number of Topliss-reactive ketones (excluding diaryl/α,β-unsaturated/α-hetero) is 6. The Morgan fingerprint density at radius 2 is 0.185 bits per heavy atom. The summed E-state index contributed by atoms with van der Waals surface area (Å²) in [6.45, 7) is 39.8. The first-order valence-electron chi connectivity index (χ1n) is 68.0. The van der Waals surface area contributed by atoms with Crippen molar-refractivity contribution < 1.29 is 28.8 Å². The fourth-order valence-corrected chi connectivity index (χ4v) is 24.2. The second-order valence-electron chi connectivity index (χ2n) is 51.5. The van der Waals surface area contributed by atoms with E-state index in [-0.39, 0.29) is 0 Å². The lowest BCUT2D eigenvalue weighted by molar-refractivity contribution is -0.120. The SMILES string of the molecule is CCCCCCCCCC(CCCCCCCC(=O)CC(C)C)C(CCCCCCCCC)CCCCCCCC(=O)CC(C)C.CCCCCCCCCC(CCCCCCCCCC(=O)CC(C)C)C(CCCCCCCCC)CCCCCCCCCC(=O)CC(C)C.CCCCCCCCCC(CCCCCCCCCC(=O)CC(C)C)C(CCCCCCCCC)CCCCCCCCCC(=O)CC(C)C. The Hall–Kier alpha value is -1.98. The standard InChI is InChI=1S/2C48H94O2.C44H86O2/c2*1-7-9-11-13-17-23-29-35-45(37-31-25-19-15-21-27-33-39-47(49)41-43(3)4)46(36-30-24-18-14-12-10-8-2)38-32-26-20-16-22-28-34-40-48(50)42-44(5)6;1-7-9-11-13-15-19-25-31-41(33-27-21-17-23-29-35-43(45)37-39(3)4)42(32-26-20-16-14-12-10-8-2)34-28-22-18-24-30-36-44(46)38-40(5)6/h2*43-46H,7-42H2,1-6H3;39-42H,7-38H2,1-6H3. The van der Waals surface area contributed by atoms with Gasteiger partial charge < -0.3 is 0 Å². The molecule has 0 aliphatic rings. The van der Waals surface area contributed by atoms with Gasteiger partial charge in [-0.1, -0.05) is 677 Å². The Kier molecular flexibility index (Phi) is 120. The molecule has 0 radical (unpaired) electrons. The van der Waals surface area contributed by atoms with E-state index < -0.39 is 0 Å². The molecule has 0 saturated carbocycles. The average molecular weight is 2050 g/mol. The molecule has 6 atom stereocenters. The van der Waals surface area contributed by atoms with Crippen LogP contribution in [0.1, 0.15) is 792 Å². The van der Waals surface area contributed by atoms with E-state index in [1.807, 2.05) is 0 Å². The third kappa shape index (κ3) is 116. The Morgan fingerprint density at radius 3 is 0.267 bits per heavy atom. The molecule has 6 unspecified atom stereocenters. The van der Waals surface area contributed by atoms with Crippen LogP contribution in [0.2, 0.25) is 0 Å². The Labute approximate surface area is 920 Å². The summed E-state index contributed by atoms with van der Waals surface area (Å²) < 4.78 is 0. The van der Waals surface area contributed by atoms with Crippen molar-refractivity contribution in [3.8, 4) is 0 Å². The molecular weight excluding hydrogens is 1780 g/mol. The number of hydrogen-bond acceptors (Lipinski definition) is 6. The highest BCUT2D eigenvalue weighted by Gasteiger charge is 2.26. The van der Waals surface area contributed by atoms with Crippen molar-refractivity contribution in [2.24, 2.45) is 71.0 Å². The molecule has 0 spiro atoms. The molecular formula is C140H274O6. The van der Waals surface area contributed by atoms with Gasteiger partial charge in [-0.3, -0.25) is 28.8 Å². The molecule has 0 aromatic heterocycles. The van der Waals surface area contributed by atoms with Crippen LogP contribution < -0.4 is 0 Å². The summed E-state index contributed by atoms with van der Waals surface area (Å²) in [7, 11) is 0. The van der Waals surface area contributed by atoms with E-state index in [0.717, 1.165) is 151 Å². The van der Waals surface area contributed by atoms with Crippen LogP contribution in [0.15, 0.2) is 0 Å². The van der Waals surface area contributed by atoms with Crippen LogP contribution in [-0.2, 0) is 28.8 Å². The van der Waals surface area contributed by atoms with Gasteiger partial charge in [-0.25, -0.2) is 0 Å². The first-order chi connectivity index (χ1) is 70.9. The predicted octanol–water partition coefficient (Wildman–Crippen LogP) is 48.7. The van der Waals surface area contributed by atoms with Crippen molar-refractivity contribution in [2.75, 3.05) is 0 Å². The van der Waals surface area contributed by atoms with E-state index >= 15 is 0 Å². The summed E-state index contributed by atoms with van der Waals surface area (Å²) in [5, 5.41) is 0. The van der Waals surface area contributed by atoms with Crippen LogP contribution in [0.4, 0.5) is 0 Å². The molecule has 0 rings (SSSR count). The van der Waals surface area contributed by atoms with Gasteiger partial charge >= 0.3 is 0 Å². The Balaban J connectivity index is -0.00000210. The maximum Gasteiger partial charge on any atom is 0.133 e. The maximum absolute atomic E-state index is 12.1. The van der Waals surface area contributed by atoms with E-state index in [1.165, 1.54) is 552 Å². The zero-order valence-corrected chi connectivity index (χ0v) is 104. The molecule has 870 valence electrons. The Bertz CT molecular complexity index is 2330.